The molecule has 2 aliphatic rings. The lowest BCUT2D eigenvalue weighted by Crippen LogP contribution is -2.25. The van der Waals surface area contributed by atoms with E-state index in [9.17, 15) is 5.48 Å². The van der Waals surface area contributed by atoms with Gasteiger partial charge < -0.3 is 14.7 Å². The highest BCUT2D eigenvalue weighted by Gasteiger charge is 2.33. The van der Waals surface area contributed by atoms with Crippen LogP contribution in [0.4, 0.5) is 57.0 Å². The fraction of sp³-hybridized carbons (Fsp3) is 0.0725. The van der Waals surface area contributed by atoms with Gasteiger partial charge in [0.2, 0.25) is 0 Å². The maximum Gasteiger partial charge on any atom is 0.137 e. The predicted octanol–water partition coefficient (Wildman–Crippen LogP) is 18.6. The van der Waals surface area contributed by atoms with Crippen molar-refractivity contribution in [2.45, 2.75) is 26.2 Å². The first-order valence-electron chi connectivity index (χ1n) is 29.9. The van der Waals surface area contributed by atoms with E-state index in [0.717, 1.165) is 84.6 Å². The summed E-state index contributed by atoms with van der Waals surface area (Å²) in [7, 11) is 0. The normalized spacial score (nSPS) is 14.5. The molecule has 75 heavy (non-hydrogen) atoms. The number of para-hydroxylation sites is 4. The third-order valence-electron chi connectivity index (χ3n) is 14.1. The lowest BCUT2D eigenvalue weighted by Gasteiger charge is -2.31. The van der Waals surface area contributed by atoms with Crippen LogP contribution in [-0.2, 0) is 5.41 Å². The summed E-state index contributed by atoms with van der Waals surface area (Å²) < 4.78 is 89.2. The largest absolute Gasteiger partial charge is 0.321 e. The number of fused-ring (bicyclic) bond motifs is 6. The minimum absolute atomic E-state index is 0.0752. The van der Waals surface area contributed by atoms with E-state index < -0.39 is 60.4 Å². The molecule has 0 bridgehead atoms. The Hall–Kier alpha value is -9.52. The van der Waals surface area contributed by atoms with E-state index in [0.29, 0.717) is 5.69 Å². The molecule has 0 unspecified atom stereocenters. The van der Waals surface area contributed by atoms with E-state index in [-0.39, 0.29) is 40.0 Å². The van der Waals surface area contributed by atoms with Crippen molar-refractivity contribution < 1.29 is 13.7 Å². The average molecular weight is 977 g/mol. The van der Waals surface area contributed by atoms with Gasteiger partial charge >= 0.3 is 0 Å². The van der Waals surface area contributed by atoms with Gasteiger partial charge in [0, 0.05) is 63.6 Å². The van der Waals surface area contributed by atoms with Crippen LogP contribution >= 0.6 is 0 Å². The number of hydrogen-bond donors (Lipinski definition) is 0. The molecule has 2 aliphatic heterocycles. The quantitative estimate of drug-likeness (QED) is 0.143. The second-order valence-electron chi connectivity index (χ2n) is 19.6. The molecule has 0 fully saturated rings. The smallest absolute Gasteiger partial charge is 0.137 e. The number of rotatable bonds is 9. The van der Waals surface area contributed by atoms with Gasteiger partial charge in [-0.3, -0.25) is 9.88 Å². The van der Waals surface area contributed by atoms with Crippen LogP contribution in [0.1, 0.15) is 40.0 Å². The molecule has 9 aromatic carbocycles. The Morgan fingerprint density at radius 1 is 0.440 bits per heavy atom. The van der Waals surface area contributed by atoms with E-state index in [2.05, 4.69) is 144 Å². The number of nitrogens with zero attached hydrogens (tertiary/aromatic N) is 6. The Kier molecular flexibility index (Phi) is 8.93. The van der Waals surface area contributed by atoms with Crippen molar-refractivity contribution in [1.82, 2.24) is 9.97 Å². The third kappa shape index (κ3) is 8.27. The molecule has 4 heterocycles. The van der Waals surface area contributed by atoms with Gasteiger partial charge in [0.1, 0.15) is 12.5 Å². The highest BCUT2D eigenvalue weighted by atomic mass is 15.4. The molecule has 6 nitrogen and oxygen atoms in total. The summed E-state index contributed by atoms with van der Waals surface area (Å²) in [6, 6.07) is 55.8. The van der Waals surface area contributed by atoms with Crippen molar-refractivity contribution in [3.8, 4) is 55.6 Å². The lowest BCUT2D eigenvalue weighted by atomic mass is 9.87. The second-order valence-corrected chi connectivity index (χ2v) is 19.6. The molecule has 2 aromatic heterocycles. The highest BCUT2D eigenvalue weighted by Crippen LogP contribution is 2.54. The Balaban J connectivity index is 1.04. The number of anilines is 10. The van der Waals surface area contributed by atoms with Crippen LogP contribution < -0.4 is 19.6 Å². The molecular weight excluding hydrogens is 913 g/mol. The molecule has 0 amide bonds. The zero-order valence-electron chi connectivity index (χ0n) is 51.4. The van der Waals surface area contributed by atoms with Crippen molar-refractivity contribution in [1.29, 1.82) is 0 Å². The first-order chi connectivity index (χ1) is 41.0. The van der Waals surface area contributed by atoms with Gasteiger partial charge in [-0.2, -0.15) is 0 Å². The Labute approximate surface area is 453 Å². The molecule has 13 rings (SSSR count). The van der Waals surface area contributed by atoms with Gasteiger partial charge in [-0.05, 0) is 117 Å². The first kappa shape index (κ1) is 35.6. The summed E-state index contributed by atoms with van der Waals surface area (Å²) in [5.74, 6) is 0.755. The van der Waals surface area contributed by atoms with Gasteiger partial charge in [0.15, 0.2) is 0 Å². The zero-order chi connectivity index (χ0) is 59.2. The second kappa shape index (κ2) is 18.8. The molecule has 0 aliphatic carbocycles. The molecule has 360 valence electrons. The maximum absolute atomic E-state index is 9.27. The van der Waals surface area contributed by atoms with Gasteiger partial charge in [-0.15, -0.1) is 0 Å². The third-order valence-corrected chi connectivity index (χ3v) is 14.1. The summed E-state index contributed by atoms with van der Waals surface area (Å²) >= 11 is 0. The van der Waals surface area contributed by atoms with Crippen LogP contribution in [0.15, 0.2) is 261 Å². The van der Waals surface area contributed by atoms with Crippen molar-refractivity contribution >= 4 is 57.0 Å². The van der Waals surface area contributed by atoms with Gasteiger partial charge in [0.05, 0.1) is 42.1 Å². The van der Waals surface area contributed by atoms with E-state index in [1.54, 1.807) is 18.2 Å². The fourth-order valence-corrected chi connectivity index (χ4v) is 10.5. The zero-order valence-corrected chi connectivity index (χ0v) is 41.4. The van der Waals surface area contributed by atoms with E-state index in [1.807, 2.05) is 84.2 Å². The summed E-state index contributed by atoms with van der Waals surface area (Å²) in [4.78, 5) is 18.3. The SMILES string of the molecule is [2H]c1c([2H])c([2H])c(-c2cccc(-c3c([2H])c([2H])c([2H])c([2H])c3[2H])c2N2CN(c3cc(-c4ccccc4)cc(N(c4ccccc4)c4ccc5c(c4)N(c4cc(C(C)(C)C)ccn4)c4ccncc4-c4ccccc4-5)c3)c3ccccc32)c([2H])c1[2H]. The van der Waals surface area contributed by atoms with E-state index in [4.69, 9.17) is 13.2 Å². The van der Waals surface area contributed by atoms with Crippen LogP contribution in [0.5, 0.6) is 0 Å². The molecular formula is C69H54N6. The van der Waals surface area contributed by atoms with E-state index >= 15 is 0 Å². The van der Waals surface area contributed by atoms with Crippen LogP contribution in [0.3, 0.4) is 0 Å². The number of pyridine rings is 2. The summed E-state index contributed by atoms with van der Waals surface area (Å²) in [5.41, 5.74) is 14.0. The Morgan fingerprint density at radius 2 is 1.07 bits per heavy atom. The number of aromatic nitrogens is 2. The molecule has 0 atom stereocenters. The molecule has 0 saturated heterocycles. The van der Waals surface area contributed by atoms with Crippen molar-refractivity contribution in [2.75, 3.05) is 26.3 Å². The lowest BCUT2D eigenvalue weighted by molar-refractivity contribution is 0.589. The van der Waals surface area contributed by atoms with E-state index in [1.165, 1.54) is 0 Å². The standard InChI is InChI=1S/C69H54N6/c1-69(2,3)52-37-40-71-67(43-52)75-63-38-39-70-46-62(63)60-30-17-16-29-59(60)61-36-35-54(45-66(61)75)74(53-27-14-7-15-28-53)56-42-51(48-21-8-4-9-22-48)41-55(44-56)72-47-73(65-34-19-18-33-64(65)72)68-57(49-23-10-5-11-24-49)31-20-32-58(68)50-25-12-6-13-26-50/h4-46H,47H2,1-3H3/i5D,6D,10D,11D,12D,13D,23D,24D,25D,26D. The molecule has 0 radical (unpaired) electrons. The highest BCUT2D eigenvalue weighted by molar-refractivity contribution is 6.04. The Bertz CT molecular complexity index is 4350. The molecule has 0 saturated carbocycles. The monoisotopic (exact) mass is 977 g/mol. The molecule has 0 N–H and O–H groups in total. The first-order valence-corrected chi connectivity index (χ1v) is 24.9. The van der Waals surface area contributed by atoms with Crippen LogP contribution in [0, 0.1) is 0 Å². The minimum Gasteiger partial charge on any atom is -0.321 e. The average Bonchev–Trinajstić information content (AvgIpc) is 2.17. The topological polar surface area (TPSA) is 38.7 Å². The fourth-order valence-electron chi connectivity index (χ4n) is 10.5. The van der Waals surface area contributed by atoms with Gasteiger partial charge in [0.25, 0.3) is 0 Å². The van der Waals surface area contributed by atoms with Crippen molar-refractivity contribution in [3.05, 3.63) is 267 Å². The van der Waals surface area contributed by atoms with Crippen molar-refractivity contribution in [2.24, 2.45) is 0 Å². The van der Waals surface area contributed by atoms with Crippen molar-refractivity contribution in [3.63, 3.8) is 0 Å². The van der Waals surface area contributed by atoms with Gasteiger partial charge in [-0.25, -0.2) is 4.98 Å². The number of hydrogen-bond acceptors (Lipinski definition) is 6. The summed E-state index contributed by atoms with van der Waals surface area (Å²) in [6.07, 6.45) is 5.64. The molecule has 0 spiro atoms. The minimum atomic E-state index is -0.558. The maximum atomic E-state index is 9.27. The molecule has 6 heteroatoms. The summed E-state index contributed by atoms with van der Waals surface area (Å²) in [6.45, 7) is 6.68. The van der Waals surface area contributed by atoms with Crippen LogP contribution in [0.25, 0.3) is 55.6 Å². The molecule has 11 aromatic rings. The van der Waals surface area contributed by atoms with Crippen LogP contribution in [0.2, 0.25) is 0 Å². The Morgan fingerprint density at radius 3 is 1.76 bits per heavy atom. The summed E-state index contributed by atoms with van der Waals surface area (Å²) in [5, 5.41) is 0. The van der Waals surface area contributed by atoms with Crippen LogP contribution in [-0.4, -0.2) is 16.6 Å². The number of benzene rings is 9. The van der Waals surface area contributed by atoms with Gasteiger partial charge in [-0.1, -0.05) is 190 Å². The predicted molar refractivity (Wildman–Crippen MR) is 313 cm³/mol.